The molecule has 0 atom stereocenters. The second-order valence-corrected chi connectivity index (χ2v) is 5.56. The molecule has 0 spiro atoms. The number of nitrogens with zero attached hydrogens (tertiary/aromatic N) is 2. The summed E-state index contributed by atoms with van der Waals surface area (Å²) in [6.07, 6.45) is 1.90. The highest BCUT2D eigenvalue weighted by molar-refractivity contribution is 5.38. The predicted octanol–water partition coefficient (Wildman–Crippen LogP) is 3.81. The molecule has 100 valence electrons. The Hall–Kier alpha value is -2.03. The summed E-state index contributed by atoms with van der Waals surface area (Å²) in [5, 5.41) is 1.67. The lowest BCUT2D eigenvalue weighted by Gasteiger charge is -2.21. The van der Waals surface area contributed by atoms with E-state index < -0.39 is 0 Å². The van der Waals surface area contributed by atoms with Crippen LogP contribution in [0.25, 0.3) is 0 Å². The fraction of sp³-hybridized carbons (Fsp3) is 0.312. The van der Waals surface area contributed by atoms with Crippen molar-refractivity contribution in [2.24, 2.45) is 0 Å². The quantitative estimate of drug-likeness (QED) is 0.781. The number of anilines is 1. The molecular weight excluding hydrogens is 236 g/mol. The molecular formula is C16H20N2O. The largest absolute Gasteiger partial charge is 0.378 e. The first-order valence-electron chi connectivity index (χ1n) is 6.40. The smallest absolute Gasteiger partial charge is 0.162 e. The van der Waals surface area contributed by atoms with Crippen molar-refractivity contribution >= 4 is 5.82 Å². The molecule has 0 N–H and O–H groups in total. The second-order valence-electron chi connectivity index (χ2n) is 5.56. The van der Waals surface area contributed by atoms with Crippen molar-refractivity contribution in [3.63, 3.8) is 0 Å². The Morgan fingerprint density at radius 3 is 2.21 bits per heavy atom. The molecule has 1 aromatic heterocycles. The van der Waals surface area contributed by atoms with Gasteiger partial charge in [0.05, 0.1) is 0 Å². The van der Waals surface area contributed by atoms with Crippen LogP contribution in [0.5, 0.6) is 5.75 Å². The molecule has 0 aliphatic carbocycles. The van der Waals surface area contributed by atoms with Gasteiger partial charge in [-0.05, 0) is 29.2 Å². The van der Waals surface area contributed by atoms with E-state index in [-0.39, 0.29) is 5.41 Å². The zero-order chi connectivity index (χ0) is 13.9. The normalized spacial score (nSPS) is 11.2. The minimum atomic E-state index is 0.115. The van der Waals surface area contributed by atoms with Crippen molar-refractivity contribution in [3.8, 4) is 5.75 Å². The van der Waals surface area contributed by atoms with Crippen LogP contribution in [0.1, 0.15) is 26.3 Å². The molecule has 0 fully saturated rings. The van der Waals surface area contributed by atoms with E-state index in [1.807, 2.05) is 49.6 Å². The number of hydrogen-bond acceptors (Lipinski definition) is 3. The Labute approximate surface area is 114 Å². The summed E-state index contributed by atoms with van der Waals surface area (Å²) in [5.74, 6) is 1.59. The topological polar surface area (TPSA) is 25.4 Å². The van der Waals surface area contributed by atoms with Crippen LogP contribution in [0.3, 0.4) is 0 Å². The number of benzene rings is 1. The van der Waals surface area contributed by atoms with Gasteiger partial charge in [0.15, 0.2) is 11.6 Å². The summed E-state index contributed by atoms with van der Waals surface area (Å²) >= 11 is 0. The lowest BCUT2D eigenvalue weighted by atomic mass is 9.88. The van der Waals surface area contributed by atoms with Crippen LogP contribution < -0.4 is 9.90 Å². The summed E-state index contributed by atoms with van der Waals surface area (Å²) in [5.41, 5.74) is 1.33. The zero-order valence-electron chi connectivity index (χ0n) is 11.9. The van der Waals surface area contributed by atoms with Crippen LogP contribution in [-0.4, -0.2) is 12.0 Å². The van der Waals surface area contributed by atoms with Gasteiger partial charge in [0.1, 0.15) is 0 Å². The Kier molecular flexibility index (Phi) is 3.74. The first-order valence-corrected chi connectivity index (χ1v) is 6.40. The van der Waals surface area contributed by atoms with Crippen molar-refractivity contribution < 1.29 is 4.84 Å². The monoisotopic (exact) mass is 256 g/mol. The lowest BCUT2D eigenvalue weighted by molar-refractivity contribution is 0.300. The Morgan fingerprint density at radius 1 is 1.00 bits per heavy atom. The van der Waals surface area contributed by atoms with Crippen LogP contribution in [-0.2, 0) is 5.41 Å². The highest BCUT2D eigenvalue weighted by Crippen LogP contribution is 2.23. The van der Waals surface area contributed by atoms with E-state index in [2.05, 4.69) is 31.8 Å². The standard InChI is InChI=1S/C16H20N2O/c1-16(2,3)13-10-11-15(17-12-13)18(4)19-14-8-6-5-7-9-14/h5-12H,1-4H3. The maximum atomic E-state index is 5.70. The summed E-state index contributed by atoms with van der Waals surface area (Å²) in [6.45, 7) is 6.52. The molecule has 0 saturated heterocycles. The first-order chi connectivity index (χ1) is 8.97. The maximum Gasteiger partial charge on any atom is 0.162 e. The van der Waals surface area contributed by atoms with E-state index in [9.17, 15) is 0 Å². The molecule has 19 heavy (non-hydrogen) atoms. The van der Waals surface area contributed by atoms with Gasteiger partial charge in [0.25, 0.3) is 0 Å². The van der Waals surface area contributed by atoms with Crippen molar-refractivity contribution in [3.05, 3.63) is 54.2 Å². The molecule has 3 nitrogen and oxygen atoms in total. The molecule has 2 aromatic rings. The third-order valence-corrected chi connectivity index (χ3v) is 2.92. The highest BCUT2D eigenvalue weighted by atomic mass is 16.7. The van der Waals surface area contributed by atoms with E-state index in [0.29, 0.717) is 0 Å². The number of rotatable bonds is 3. The molecule has 1 heterocycles. The molecule has 2 rings (SSSR count). The fourth-order valence-electron chi connectivity index (χ4n) is 1.70. The van der Waals surface area contributed by atoms with Crippen molar-refractivity contribution in [1.29, 1.82) is 0 Å². The first kappa shape index (κ1) is 13.4. The van der Waals surface area contributed by atoms with Gasteiger partial charge in [-0.15, -0.1) is 0 Å². The molecule has 1 aromatic carbocycles. The highest BCUT2D eigenvalue weighted by Gasteiger charge is 2.14. The van der Waals surface area contributed by atoms with Gasteiger partial charge in [-0.2, -0.15) is 5.06 Å². The molecule has 0 aliphatic rings. The van der Waals surface area contributed by atoms with E-state index in [4.69, 9.17) is 4.84 Å². The van der Waals surface area contributed by atoms with Crippen molar-refractivity contribution in [1.82, 2.24) is 4.98 Å². The van der Waals surface area contributed by atoms with Gasteiger partial charge in [0, 0.05) is 13.2 Å². The maximum absolute atomic E-state index is 5.70. The van der Waals surface area contributed by atoms with Crippen LogP contribution in [0.2, 0.25) is 0 Å². The summed E-state index contributed by atoms with van der Waals surface area (Å²) in [7, 11) is 1.85. The summed E-state index contributed by atoms with van der Waals surface area (Å²) in [4.78, 5) is 10.1. The van der Waals surface area contributed by atoms with E-state index in [1.54, 1.807) is 5.06 Å². The minimum absolute atomic E-state index is 0.115. The average Bonchev–Trinajstić information content (AvgIpc) is 2.39. The van der Waals surface area contributed by atoms with Gasteiger partial charge in [-0.3, -0.25) is 0 Å². The molecule has 0 bridgehead atoms. The van der Waals surface area contributed by atoms with E-state index in [0.717, 1.165) is 11.6 Å². The van der Waals surface area contributed by atoms with Gasteiger partial charge in [0.2, 0.25) is 0 Å². The number of pyridine rings is 1. The van der Waals surface area contributed by atoms with E-state index >= 15 is 0 Å². The number of hydroxylamine groups is 1. The van der Waals surface area contributed by atoms with Gasteiger partial charge in [-0.1, -0.05) is 45.0 Å². The number of hydrogen-bond donors (Lipinski definition) is 0. The number of aromatic nitrogens is 1. The lowest BCUT2D eigenvalue weighted by Crippen LogP contribution is -2.23. The van der Waals surface area contributed by atoms with Crippen molar-refractivity contribution in [2.75, 3.05) is 12.1 Å². The van der Waals surface area contributed by atoms with Gasteiger partial charge >= 0.3 is 0 Å². The Balaban J connectivity index is 2.10. The second kappa shape index (κ2) is 5.31. The summed E-state index contributed by atoms with van der Waals surface area (Å²) < 4.78 is 0. The molecule has 0 unspecified atom stereocenters. The molecule has 0 aliphatic heterocycles. The Bertz CT molecular complexity index is 515. The van der Waals surface area contributed by atoms with Gasteiger partial charge < -0.3 is 4.84 Å². The van der Waals surface area contributed by atoms with E-state index in [1.165, 1.54) is 5.56 Å². The predicted molar refractivity (Wildman–Crippen MR) is 78.4 cm³/mol. The third kappa shape index (κ3) is 3.47. The average molecular weight is 256 g/mol. The minimum Gasteiger partial charge on any atom is -0.378 e. The van der Waals surface area contributed by atoms with Crippen LogP contribution in [0.4, 0.5) is 5.82 Å². The van der Waals surface area contributed by atoms with Crippen LogP contribution in [0, 0.1) is 0 Å². The van der Waals surface area contributed by atoms with Crippen LogP contribution in [0.15, 0.2) is 48.7 Å². The molecule has 3 heteroatoms. The number of para-hydroxylation sites is 1. The summed E-state index contributed by atoms with van der Waals surface area (Å²) in [6, 6.07) is 13.7. The zero-order valence-corrected chi connectivity index (χ0v) is 11.9. The van der Waals surface area contributed by atoms with Crippen LogP contribution >= 0.6 is 0 Å². The molecule has 0 saturated carbocycles. The van der Waals surface area contributed by atoms with Crippen molar-refractivity contribution in [2.45, 2.75) is 26.2 Å². The Morgan fingerprint density at radius 2 is 1.68 bits per heavy atom. The van der Waals surface area contributed by atoms with Gasteiger partial charge in [-0.25, -0.2) is 4.98 Å². The molecule has 0 amide bonds. The SMILES string of the molecule is CN(Oc1ccccc1)c1ccc(C(C)(C)C)cn1. The third-order valence-electron chi connectivity index (χ3n) is 2.92. The molecule has 0 radical (unpaired) electrons. The fourth-order valence-corrected chi connectivity index (χ4v) is 1.70.